The first-order valence-corrected chi connectivity index (χ1v) is 7.31. The number of benzene rings is 1. The number of halogens is 2. The summed E-state index contributed by atoms with van der Waals surface area (Å²) in [7, 11) is 0. The normalized spacial score (nSPS) is 15.0. The summed E-state index contributed by atoms with van der Waals surface area (Å²) in [6.45, 7) is 2.18. The van der Waals surface area contributed by atoms with Crippen LogP contribution in [0, 0.1) is 5.82 Å². The van der Waals surface area contributed by atoms with Crippen LogP contribution in [0.15, 0.2) is 36.4 Å². The molecule has 0 bridgehead atoms. The minimum atomic E-state index is -0.245. The van der Waals surface area contributed by atoms with Crippen LogP contribution in [0.4, 0.5) is 10.1 Å². The van der Waals surface area contributed by atoms with Crippen LogP contribution >= 0.6 is 11.6 Å². The van der Waals surface area contributed by atoms with Gasteiger partial charge in [0.1, 0.15) is 5.82 Å². The van der Waals surface area contributed by atoms with Crippen molar-refractivity contribution in [2.75, 3.05) is 31.1 Å². The third-order valence-electron chi connectivity index (χ3n) is 3.61. The van der Waals surface area contributed by atoms with Gasteiger partial charge in [-0.1, -0.05) is 23.7 Å². The molecule has 3 rings (SSSR count). The van der Waals surface area contributed by atoms with Crippen molar-refractivity contribution in [1.29, 1.82) is 0 Å². The third kappa shape index (κ3) is 3.01. The molecule has 0 N–H and O–H groups in total. The summed E-state index contributed by atoms with van der Waals surface area (Å²) in [5.74, 6) is -0.428. The van der Waals surface area contributed by atoms with E-state index in [2.05, 4.69) is 10.2 Å². The number of nitrogens with zero attached hydrogens (tertiary/aromatic N) is 4. The Morgan fingerprint density at radius 2 is 1.77 bits per heavy atom. The average molecular weight is 321 g/mol. The highest BCUT2D eigenvalue weighted by Crippen LogP contribution is 2.20. The Kier molecular flexibility index (Phi) is 4.20. The predicted molar refractivity (Wildman–Crippen MR) is 81.6 cm³/mol. The molecular weight excluding hydrogens is 307 g/mol. The van der Waals surface area contributed by atoms with Crippen LogP contribution in [0.1, 0.15) is 10.5 Å². The van der Waals surface area contributed by atoms with E-state index in [-0.39, 0.29) is 22.6 Å². The summed E-state index contributed by atoms with van der Waals surface area (Å²) < 4.78 is 13.8. The smallest absolute Gasteiger partial charge is 0.274 e. The number of carbonyl (C=O) groups is 1. The van der Waals surface area contributed by atoms with Gasteiger partial charge in [-0.25, -0.2) is 4.39 Å². The lowest BCUT2D eigenvalue weighted by Gasteiger charge is -2.36. The summed E-state index contributed by atoms with van der Waals surface area (Å²) >= 11 is 5.66. The summed E-state index contributed by atoms with van der Waals surface area (Å²) in [6.07, 6.45) is 0. The number of aromatic nitrogens is 2. The Hall–Kier alpha value is -2.21. The Morgan fingerprint density at radius 1 is 1.05 bits per heavy atom. The molecule has 1 aliphatic rings. The van der Waals surface area contributed by atoms with Crippen LogP contribution in [0.2, 0.25) is 5.15 Å². The molecule has 0 atom stereocenters. The Morgan fingerprint density at radius 3 is 2.41 bits per heavy atom. The maximum absolute atomic E-state index is 13.8. The van der Waals surface area contributed by atoms with Gasteiger partial charge in [0.25, 0.3) is 5.91 Å². The van der Waals surface area contributed by atoms with Crippen molar-refractivity contribution in [3.05, 3.63) is 53.1 Å². The Bertz CT molecular complexity index is 671. The number of carbonyl (C=O) groups excluding carboxylic acids is 1. The van der Waals surface area contributed by atoms with Gasteiger partial charge in [-0.15, -0.1) is 10.2 Å². The monoisotopic (exact) mass is 320 g/mol. The van der Waals surface area contributed by atoms with Crippen molar-refractivity contribution in [3.63, 3.8) is 0 Å². The average Bonchev–Trinajstić information content (AvgIpc) is 2.56. The van der Waals surface area contributed by atoms with E-state index in [0.717, 1.165) is 0 Å². The van der Waals surface area contributed by atoms with Gasteiger partial charge in [-0.3, -0.25) is 4.79 Å². The summed E-state index contributed by atoms with van der Waals surface area (Å²) in [6, 6.07) is 9.75. The molecular formula is C15H14ClFN4O. The largest absolute Gasteiger partial charge is 0.366 e. The molecule has 1 aliphatic heterocycles. The second kappa shape index (κ2) is 6.27. The topological polar surface area (TPSA) is 49.3 Å². The molecule has 114 valence electrons. The summed E-state index contributed by atoms with van der Waals surface area (Å²) in [5, 5.41) is 7.73. The molecule has 1 aromatic heterocycles. The van der Waals surface area contributed by atoms with E-state index in [0.29, 0.717) is 31.9 Å². The van der Waals surface area contributed by atoms with Gasteiger partial charge in [0.2, 0.25) is 0 Å². The van der Waals surface area contributed by atoms with Gasteiger partial charge in [0.15, 0.2) is 10.8 Å². The number of rotatable bonds is 2. The van der Waals surface area contributed by atoms with Crippen LogP contribution < -0.4 is 4.90 Å². The van der Waals surface area contributed by atoms with Crippen molar-refractivity contribution >= 4 is 23.2 Å². The molecule has 0 radical (unpaired) electrons. The summed E-state index contributed by atoms with van der Waals surface area (Å²) in [5.41, 5.74) is 0.838. The first-order chi connectivity index (χ1) is 10.6. The molecule has 7 heteroatoms. The quantitative estimate of drug-likeness (QED) is 0.851. The minimum absolute atomic E-state index is 0.183. The molecule has 22 heavy (non-hydrogen) atoms. The van der Waals surface area contributed by atoms with Gasteiger partial charge < -0.3 is 9.80 Å². The van der Waals surface area contributed by atoms with Crippen molar-refractivity contribution in [1.82, 2.24) is 15.1 Å². The highest BCUT2D eigenvalue weighted by molar-refractivity contribution is 6.29. The summed E-state index contributed by atoms with van der Waals surface area (Å²) in [4.78, 5) is 15.9. The fourth-order valence-corrected chi connectivity index (χ4v) is 2.55. The molecule has 0 spiro atoms. The van der Waals surface area contributed by atoms with Gasteiger partial charge in [-0.05, 0) is 24.3 Å². The maximum atomic E-state index is 13.8. The first-order valence-electron chi connectivity index (χ1n) is 6.93. The molecule has 2 heterocycles. The van der Waals surface area contributed by atoms with E-state index < -0.39 is 0 Å². The molecule has 0 aliphatic carbocycles. The molecule has 1 aromatic carbocycles. The number of piperazine rings is 1. The van der Waals surface area contributed by atoms with Gasteiger partial charge >= 0.3 is 0 Å². The fraction of sp³-hybridized carbons (Fsp3) is 0.267. The standard InChI is InChI=1S/C15H14ClFN4O/c16-14-6-5-12(18-19-14)15(22)21-9-7-20(8-10-21)13-4-2-1-3-11(13)17/h1-6H,7-10H2. The molecule has 2 aromatic rings. The van der Waals surface area contributed by atoms with Crippen molar-refractivity contribution in [2.24, 2.45) is 0 Å². The van der Waals surface area contributed by atoms with Crippen LogP contribution in [0.25, 0.3) is 0 Å². The number of anilines is 1. The number of para-hydroxylation sites is 1. The Labute approximate surface area is 132 Å². The van der Waals surface area contributed by atoms with E-state index in [9.17, 15) is 9.18 Å². The second-order valence-electron chi connectivity index (χ2n) is 4.97. The van der Waals surface area contributed by atoms with Crippen LogP contribution in [0.3, 0.4) is 0 Å². The molecule has 1 amide bonds. The molecule has 1 fully saturated rings. The lowest BCUT2D eigenvalue weighted by atomic mass is 10.2. The maximum Gasteiger partial charge on any atom is 0.274 e. The zero-order chi connectivity index (χ0) is 15.5. The third-order valence-corrected chi connectivity index (χ3v) is 3.81. The van der Waals surface area contributed by atoms with E-state index >= 15 is 0 Å². The highest BCUT2D eigenvalue weighted by atomic mass is 35.5. The SMILES string of the molecule is O=C(c1ccc(Cl)nn1)N1CCN(c2ccccc2F)CC1. The number of hydrogen-bond acceptors (Lipinski definition) is 4. The van der Waals surface area contributed by atoms with Gasteiger partial charge in [0.05, 0.1) is 5.69 Å². The molecule has 1 saturated heterocycles. The fourth-order valence-electron chi connectivity index (χ4n) is 2.45. The van der Waals surface area contributed by atoms with E-state index in [1.807, 2.05) is 4.90 Å². The zero-order valence-corrected chi connectivity index (χ0v) is 12.5. The van der Waals surface area contributed by atoms with Crippen LogP contribution in [-0.2, 0) is 0 Å². The first kappa shape index (κ1) is 14.7. The second-order valence-corrected chi connectivity index (χ2v) is 5.36. The zero-order valence-electron chi connectivity index (χ0n) is 11.7. The van der Waals surface area contributed by atoms with Crippen LogP contribution in [-0.4, -0.2) is 47.2 Å². The minimum Gasteiger partial charge on any atom is -0.366 e. The Balaban J connectivity index is 1.65. The van der Waals surface area contributed by atoms with E-state index in [1.54, 1.807) is 29.2 Å². The number of amides is 1. The number of hydrogen-bond donors (Lipinski definition) is 0. The van der Waals surface area contributed by atoms with Crippen molar-refractivity contribution in [2.45, 2.75) is 0 Å². The van der Waals surface area contributed by atoms with Crippen molar-refractivity contribution in [3.8, 4) is 0 Å². The van der Waals surface area contributed by atoms with E-state index in [4.69, 9.17) is 11.6 Å². The van der Waals surface area contributed by atoms with Crippen LogP contribution in [0.5, 0.6) is 0 Å². The molecule has 0 unspecified atom stereocenters. The lowest BCUT2D eigenvalue weighted by Crippen LogP contribution is -2.49. The molecule has 5 nitrogen and oxygen atoms in total. The predicted octanol–water partition coefficient (Wildman–Crippen LogP) is 2.23. The lowest BCUT2D eigenvalue weighted by molar-refractivity contribution is 0.0739. The van der Waals surface area contributed by atoms with Crippen molar-refractivity contribution < 1.29 is 9.18 Å². The van der Waals surface area contributed by atoms with Gasteiger partial charge in [0, 0.05) is 26.2 Å². The molecule has 0 saturated carbocycles. The highest BCUT2D eigenvalue weighted by Gasteiger charge is 2.24. The van der Waals surface area contributed by atoms with E-state index in [1.165, 1.54) is 12.1 Å². The van der Waals surface area contributed by atoms with Gasteiger partial charge in [-0.2, -0.15) is 0 Å².